The van der Waals surface area contributed by atoms with Crippen LogP contribution in [0.3, 0.4) is 0 Å². The average Bonchev–Trinajstić information content (AvgIpc) is 3.27. The standard InChI is InChI=1S/C19H19N3O3/c1-2-17(23)21-9-8-19(11-21)12-22(13-19)18(24)16-10-15(20-25-16)14-6-4-3-5-7-14/h2-7,10H,1,8-9,11-13H2. The van der Waals surface area contributed by atoms with Crippen LogP contribution in [-0.2, 0) is 4.79 Å². The summed E-state index contributed by atoms with van der Waals surface area (Å²) in [6.45, 7) is 6.24. The molecule has 1 aromatic heterocycles. The minimum atomic E-state index is -0.145. The van der Waals surface area contributed by atoms with Gasteiger partial charge in [-0.15, -0.1) is 0 Å². The Morgan fingerprint density at radius 1 is 1.16 bits per heavy atom. The van der Waals surface area contributed by atoms with Gasteiger partial charge in [0.25, 0.3) is 5.91 Å². The molecule has 128 valence electrons. The summed E-state index contributed by atoms with van der Waals surface area (Å²) in [6.07, 6.45) is 2.27. The molecule has 25 heavy (non-hydrogen) atoms. The van der Waals surface area contributed by atoms with E-state index >= 15 is 0 Å². The van der Waals surface area contributed by atoms with Gasteiger partial charge in [-0.05, 0) is 12.5 Å². The van der Waals surface area contributed by atoms with Gasteiger partial charge in [-0.25, -0.2) is 0 Å². The largest absolute Gasteiger partial charge is 0.350 e. The fourth-order valence-corrected chi connectivity index (χ4v) is 3.69. The highest BCUT2D eigenvalue weighted by atomic mass is 16.5. The zero-order valence-electron chi connectivity index (χ0n) is 13.9. The fourth-order valence-electron chi connectivity index (χ4n) is 3.69. The van der Waals surface area contributed by atoms with Crippen molar-refractivity contribution in [3.05, 3.63) is 54.8 Å². The zero-order valence-corrected chi connectivity index (χ0v) is 13.9. The first-order valence-electron chi connectivity index (χ1n) is 8.33. The highest BCUT2D eigenvalue weighted by Crippen LogP contribution is 2.40. The van der Waals surface area contributed by atoms with Gasteiger partial charge in [0.2, 0.25) is 11.7 Å². The monoisotopic (exact) mass is 337 g/mol. The third-order valence-corrected chi connectivity index (χ3v) is 5.05. The van der Waals surface area contributed by atoms with Gasteiger partial charge >= 0.3 is 0 Å². The Morgan fingerprint density at radius 3 is 2.60 bits per heavy atom. The molecule has 0 aliphatic carbocycles. The molecule has 2 aromatic rings. The molecular weight excluding hydrogens is 318 g/mol. The van der Waals surface area contributed by atoms with Crippen molar-refractivity contribution >= 4 is 11.8 Å². The second kappa shape index (κ2) is 5.88. The van der Waals surface area contributed by atoms with Gasteiger partial charge < -0.3 is 14.3 Å². The van der Waals surface area contributed by atoms with Crippen LogP contribution in [-0.4, -0.2) is 52.9 Å². The van der Waals surface area contributed by atoms with Gasteiger partial charge in [-0.3, -0.25) is 9.59 Å². The molecule has 1 spiro atoms. The first-order valence-corrected chi connectivity index (χ1v) is 8.33. The highest BCUT2D eigenvalue weighted by Gasteiger charge is 2.50. The molecule has 2 amide bonds. The van der Waals surface area contributed by atoms with Crippen LogP contribution in [0.4, 0.5) is 0 Å². The molecule has 4 rings (SSSR count). The molecule has 0 radical (unpaired) electrons. The van der Waals surface area contributed by atoms with Crippen molar-refractivity contribution in [1.29, 1.82) is 0 Å². The molecule has 2 saturated heterocycles. The van der Waals surface area contributed by atoms with Crippen LogP contribution in [0.1, 0.15) is 17.0 Å². The maximum atomic E-state index is 12.6. The van der Waals surface area contributed by atoms with Crippen molar-refractivity contribution in [2.75, 3.05) is 26.2 Å². The van der Waals surface area contributed by atoms with Crippen LogP contribution in [0.5, 0.6) is 0 Å². The van der Waals surface area contributed by atoms with Crippen molar-refractivity contribution in [2.24, 2.45) is 5.41 Å². The van der Waals surface area contributed by atoms with Crippen LogP contribution in [0.2, 0.25) is 0 Å². The predicted octanol–water partition coefficient (Wildman–Crippen LogP) is 2.20. The van der Waals surface area contributed by atoms with Gasteiger partial charge in [0.15, 0.2) is 0 Å². The van der Waals surface area contributed by atoms with E-state index in [9.17, 15) is 9.59 Å². The number of carbonyl (C=O) groups excluding carboxylic acids is 2. The van der Waals surface area contributed by atoms with Gasteiger partial charge in [-0.1, -0.05) is 42.1 Å². The van der Waals surface area contributed by atoms with Crippen molar-refractivity contribution in [3.8, 4) is 11.3 Å². The number of aromatic nitrogens is 1. The van der Waals surface area contributed by atoms with E-state index in [-0.39, 0.29) is 23.0 Å². The van der Waals surface area contributed by atoms with Crippen molar-refractivity contribution < 1.29 is 14.1 Å². The number of benzene rings is 1. The third kappa shape index (κ3) is 2.73. The number of rotatable bonds is 3. The highest BCUT2D eigenvalue weighted by molar-refractivity contribution is 5.93. The Hall–Kier alpha value is -2.89. The van der Waals surface area contributed by atoms with E-state index in [0.717, 1.165) is 18.5 Å². The van der Waals surface area contributed by atoms with Gasteiger partial charge in [0.05, 0.1) is 0 Å². The molecular formula is C19H19N3O3. The molecule has 1 aromatic carbocycles. The molecule has 2 aliphatic rings. The Kier molecular flexibility index (Phi) is 3.67. The van der Waals surface area contributed by atoms with Crippen LogP contribution >= 0.6 is 0 Å². The number of hydrogen-bond donors (Lipinski definition) is 0. The summed E-state index contributed by atoms with van der Waals surface area (Å²) >= 11 is 0. The lowest BCUT2D eigenvalue weighted by molar-refractivity contribution is -0.125. The van der Waals surface area contributed by atoms with E-state index in [1.54, 1.807) is 15.9 Å². The van der Waals surface area contributed by atoms with Crippen molar-refractivity contribution in [3.63, 3.8) is 0 Å². The maximum Gasteiger partial charge on any atom is 0.292 e. The normalized spacial score (nSPS) is 18.2. The second-order valence-corrected chi connectivity index (χ2v) is 6.82. The van der Waals surface area contributed by atoms with Gasteiger partial charge in [0, 0.05) is 43.2 Å². The summed E-state index contributed by atoms with van der Waals surface area (Å²) in [6, 6.07) is 11.3. The van der Waals surface area contributed by atoms with Crippen molar-refractivity contribution in [1.82, 2.24) is 15.0 Å². The average molecular weight is 337 g/mol. The Morgan fingerprint density at radius 2 is 1.88 bits per heavy atom. The Balaban J connectivity index is 1.40. The first-order chi connectivity index (χ1) is 12.1. The minimum Gasteiger partial charge on any atom is -0.350 e. The quantitative estimate of drug-likeness (QED) is 0.806. The van der Waals surface area contributed by atoms with Gasteiger partial charge in [-0.2, -0.15) is 0 Å². The third-order valence-electron chi connectivity index (χ3n) is 5.05. The first kappa shape index (κ1) is 15.6. The van der Waals surface area contributed by atoms with E-state index in [0.29, 0.717) is 25.3 Å². The summed E-state index contributed by atoms with van der Waals surface area (Å²) in [5.74, 6) is 0.0731. The fraction of sp³-hybridized carbons (Fsp3) is 0.316. The van der Waals surface area contributed by atoms with E-state index in [1.807, 2.05) is 30.3 Å². The van der Waals surface area contributed by atoms with E-state index < -0.39 is 0 Å². The van der Waals surface area contributed by atoms with Gasteiger partial charge in [0.1, 0.15) is 5.69 Å². The lowest BCUT2D eigenvalue weighted by Gasteiger charge is -2.47. The molecule has 0 N–H and O–H groups in total. The molecule has 3 heterocycles. The maximum absolute atomic E-state index is 12.6. The van der Waals surface area contributed by atoms with Crippen LogP contribution in [0.25, 0.3) is 11.3 Å². The lowest BCUT2D eigenvalue weighted by atomic mass is 9.79. The molecule has 2 fully saturated rings. The molecule has 0 saturated carbocycles. The van der Waals surface area contributed by atoms with Crippen LogP contribution < -0.4 is 0 Å². The number of nitrogens with zero attached hydrogens (tertiary/aromatic N) is 3. The van der Waals surface area contributed by atoms with Crippen LogP contribution in [0, 0.1) is 5.41 Å². The molecule has 6 heteroatoms. The SMILES string of the molecule is C=CC(=O)N1CCC2(C1)CN(C(=O)c1cc(-c3ccccc3)no1)C2. The molecule has 0 unspecified atom stereocenters. The summed E-state index contributed by atoms with van der Waals surface area (Å²) < 4.78 is 5.25. The van der Waals surface area contributed by atoms with Crippen LogP contribution in [0.15, 0.2) is 53.6 Å². The van der Waals surface area contributed by atoms with Crippen molar-refractivity contribution in [2.45, 2.75) is 6.42 Å². The minimum absolute atomic E-state index is 0.0244. The second-order valence-electron chi connectivity index (χ2n) is 6.82. The Bertz CT molecular complexity index is 821. The topological polar surface area (TPSA) is 66.7 Å². The van der Waals surface area contributed by atoms with E-state index in [2.05, 4.69) is 11.7 Å². The number of likely N-dealkylation sites (tertiary alicyclic amines) is 2. The Labute approximate surface area is 145 Å². The molecule has 6 nitrogen and oxygen atoms in total. The predicted molar refractivity (Wildman–Crippen MR) is 91.7 cm³/mol. The molecule has 0 bridgehead atoms. The number of carbonyl (C=O) groups is 2. The zero-order chi connectivity index (χ0) is 17.4. The van der Waals surface area contributed by atoms with E-state index in [4.69, 9.17) is 4.52 Å². The summed E-state index contributed by atoms with van der Waals surface area (Å²) in [7, 11) is 0. The molecule has 2 aliphatic heterocycles. The number of amides is 2. The smallest absolute Gasteiger partial charge is 0.292 e. The molecule has 0 atom stereocenters. The number of hydrogen-bond acceptors (Lipinski definition) is 4. The van der Waals surface area contributed by atoms with E-state index in [1.165, 1.54) is 6.08 Å². The lowest BCUT2D eigenvalue weighted by Crippen LogP contribution is -2.59. The summed E-state index contributed by atoms with van der Waals surface area (Å²) in [5.41, 5.74) is 1.60. The summed E-state index contributed by atoms with van der Waals surface area (Å²) in [4.78, 5) is 27.9. The summed E-state index contributed by atoms with van der Waals surface area (Å²) in [5, 5.41) is 4.00.